The molecule has 0 aliphatic carbocycles. The number of carbonyl (C=O) groups excluding carboxylic acids is 4. The highest BCUT2D eigenvalue weighted by molar-refractivity contribution is 8.15. The summed E-state index contributed by atoms with van der Waals surface area (Å²) in [5.41, 5.74) is 6.72. The van der Waals surface area contributed by atoms with Crippen LogP contribution in [-0.2, 0) is 14.4 Å². The Morgan fingerprint density at radius 2 is 1.80 bits per heavy atom. The number of likely N-dealkylation sites (tertiary alicyclic amines) is 1. The van der Waals surface area contributed by atoms with Crippen molar-refractivity contribution in [2.45, 2.75) is 37.0 Å². The molecule has 0 spiro atoms. The van der Waals surface area contributed by atoms with E-state index in [1.165, 1.54) is 24.2 Å². The SMILES string of the molecule is NC(=O)[C@@H](NC(=O)c1cccc(NC(=O)C[C@@H]2SC(N3CCCCC3)=NC2=O)c1)c1ccccc1. The molecule has 0 unspecified atom stereocenters. The van der Waals surface area contributed by atoms with Crippen LogP contribution in [0.2, 0.25) is 0 Å². The summed E-state index contributed by atoms with van der Waals surface area (Å²) >= 11 is 1.34. The number of nitrogens with zero attached hydrogens (tertiary/aromatic N) is 2. The molecule has 0 aromatic heterocycles. The van der Waals surface area contributed by atoms with Gasteiger partial charge < -0.3 is 21.3 Å². The van der Waals surface area contributed by atoms with E-state index in [-0.39, 0.29) is 23.8 Å². The van der Waals surface area contributed by atoms with Crippen molar-refractivity contribution in [1.82, 2.24) is 10.2 Å². The minimum absolute atomic E-state index is 0.0154. The summed E-state index contributed by atoms with van der Waals surface area (Å²) in [4.78, 5) is 55.9. The van der Waals surface area contributed by atoms with Crippen LogP contribution in [-0.4, -0.2) is 52.0 Å². The lowest BCUT2D eigenvalue weighted by molar-refractivity contribution is -0.121. The molecule has 2 aliphatic rings. The number of hydrogen-bond donors (Lipinski definition) is 3. The van der Waals surface area contributed by atoms with Gasteiger partial charge in [-0.25, -0.2) is 0 Å². The van der Waals surface area contributed by atoms with E-state index in [0.717, 1.165) is 25.9 Å². The summed E-state index contributed by atoms with van der Waals surface area (Å²) in [5, 5.41) is 5.53. The van der Waals surface area contributed by atoms with Gasteiger partial charge in [0.2, 0.25) is 11.8 Å². The van der Waals surface area contributed by atoms with Crippen LogP contribution in [0.5, 0.6) is 0 Å². The van der Waals surface area contributed by atoms with Crippen LogP contribution in [0.25, 0.3) is 0 Å². The molecule has 1 fully saturated rings. The predicted octanol–water partition coefficient (Wildman–Crippen LogP) is 2.46. The third-order valence-electron chi connectivity index (χ3n) is 5.83. The number of aliphatic imine (C=N–C) groups is 1. The zero-order chi connectivity index (χ0) is 24.8. The van der Waals surface area contributed by atoms with Crippen LogP contribution < -0.4 is 16.4 Å². The van der Waals surface area contributed by atoms with Gasteiger partial charge in [-0.05, 0) is 43.0 Å². The maximum absolute atomic E-state index is 12.8. The van der Waals surface area contributed by atoms with E-state index in [1.54, 1.807) is 48.5 Å². The Morgan fingerprint density at radius 3 is 2.51 bits per heavy atom. The maximum atomic E-state index is 12.8. The zero-order valence-electron chi connectivity index (χ0n) is 19.1. The molecule has 9 nitrogen and oxygen atoms in total. The topological polar surface area (TPSA) is 134 Å². The number of nitrogens with two attached hydrogens (primary N) is 1. The number of thioether (sulfide) groups is 1. The Balaban J connectivity index is 1.35. The van der Waals surface area contributed by atoms with E-state index in [2.05, 4.69) is 20.5 Å². The molecule has 2 aromatic rings. The summed E-state index contributed by atoms with van der Waals surface area (Å²) < 4.78 is 0. The van der Waals surface area contributed by atoms with Gasteiger partial charge in [-0.3, -0.25) is 19.2 Å². The van der Waals surface area contributed by atoms with E-state index in [1.807, 2.05) is 0 Å². The summed E-state index contributed by atoms with van der Waals surface area (Å²) in [5.74, 6) is -1.83. The molecule has 4 N–H and O–H groups in total. The van der Waals surface area contributed by atoms with Gasteiger partial charge in [0.15, 0.2) is 5.17 Å². The molecular formula is C25H27N5O4S. The molecule has 2 aromatic carbocycles. The monoisotopic (exact) mass is 493 g/mol. The van der Waals surface area contributed by atoms with Crippen molar-refractivity contribution < 1.29 is 19.2 Å². The number of carbonyl (C=O) groups is 4. The summed E-state index contributed by atoms with van der Waals surface area (Å²) in [7, 11) is 0. The van der Waals surface area contributed by atoms with Crippen molar-refractivity contribution in [2.75, 3.05) is 18.4 Å². The number of amidine groups is 1. The van der Waals surface area contributed by atoms with E-state index in [0.29, 0.717) is 16.4 Å². The first-order chi connectivity index (χ1) is 16.9. The number of benzene rings is 2. The fourth-order valence-corrected chi connectivity index (χ4v) is 5.14. The zero-order valence-corrected chi connectivity index (χ0v) is 19.9. The molecule has 4 amide bonds. The number of nitrogens with one attached hydrogen (secondary N) is 2. The van der Waals surface area contributed by atoms with E-state index in [9.17, 15) is 19.2 Å². The number of amides is 4. The second-order valence-corrected chi connectivity index (χ2v) is 9.61. The molecule has 1 saturated heterocycles. The molecule has 35 heavy (non-hydrogen) atoms. The predicted molar refractivity (Wildman–Crippen MR) is 135 cm³/mol. The normalized spacial score (nSPS) is 18.5. The lowest BCUT2D eigenvalue weighted by Gasteiger charge is -2.27. The lowest BCUT2D eigenvalue weighted by Crippen LogP contribution is -2.37. The number of hydrogen-bond acceptors (Lipinski definition) is 6. The number of primary amides is 1. The summed E-state index contributed by atoms with van der Waals surface area (Å²) in [6, 6.07) is 14.1. The molecule has 0 bridgehead atoms. The van der Waals surface area contributed by atoms with E-state index in [4.69, 9.17) is 5.73 Å². The van der Waals surface area contributed by atoms with Crippen LogP contribution in [0, 0.1) is 0 Å². The highest BCUT2D eigenvalue weighted by Gasteiger charge is 2.33. The molecule has 182 valence electrons. The van der Waals surface area contributed by atoms with Gasteiger partial charge in [0.1, 0.15) is 11.3 Å². The molecule has 10 heteroatoms. The second kappa shape index (κ2) is 11.2. The van der Waals surface area contributed by atoms with Gasteiger partial charge in [-0.1, -0.05) is 48.2 Å². The molecule has 2 atom stereocenters. The third-order valence-corrected chi connectivity index (χ3v) is 7.04. The van der Waals surface area contributed by atoms with Crippen LogP contribution >= 0.6 is 11.8 Å². The van der Waals surface area contributed by atoms with Gasteiger partial charge >= 0.3 is 0 Å². The number of anilines is 1. The largest absolute Gasteiger partial charge is 0.368 e. The lowest BCUT2D eigenvalue weighted by atomic mass is 10.1. The number of piperidine rings is 1. The first-order valence-electron chi connectivity index (χ1n) is 11.5. The molecule has 4 rings (SSSR count). The first kappa shape index (κ1) is 24.5. The van der Waals surface area contributed by atoms with Crippen molar-refractivity contribution in [1.29, 1.82) is 0 Å². The Kier molecular flexibility index (Phi) is 7.81. The van der Waals surface area contributed by atoms with Gasteiger partial charge in [-0.15, -0.1) is 0 Å². The van der Waals surface area contributed by atoms with Crippen molar-refractivity contribution >= 4 is 46.2 Å². The van der Waals surface area contributed by atoms with Crippen molar-refractivity contribution in [3.8, 4) is 0 Å². The average molecular weight is 494 g/mol. The van der Waals surface area contributed by atoms with Crippen molar-refractivity contribution in [3.63, 3.8) is 0 Å². The van der Waals surface area contributed by atoms with Crippen molar-refractivity contribution in [3.05, 3.63) is 65.7 Å². The first-order valence-corrected chi connectivity index (χ1v) is 12.4. The van der Waals surface area contributed by atoms with Crippen molar-refractivity contribution in [2.24, 2.45) is 10.7 Å². The van der Waals surface area contributed by atoms with Gasteiger partial charge in [-0.2, -0.15) is 4.99 Å². The summed E-state index contributed by atoms with van der Waals surface area (Å²) in [6.07, 6.45) is 3.32. The second-order valence-electron chi connectivity index (χ2n) is 8.44. The van der Waals surface area contributed by atoms with Gasteiger partial charge in [0.25, 0.3) is 11.8 Å². The van der Waals surface area contributed by atoms with Gasteiger partial charge in [0, 0.05) is 30.8 Å². The molecular weight excluding hydrogens is 466 g/mol. The summed E-state index contributed by atoms with van der Waals surface area (Å²) in [6.45, 7) is 1.77. The standard InChI is InChI=1S/C25H27N5O4S/c26-22(32)21(16-8-3-1-4-9-16)28-23(33)17-10-7-11-18(14-17)27-20(31)15-19-24(34)29-25(35-19)30-12-5-2-6-13-30/h1,3-4,7-11,14,19,21H,2,5-6,12-13,15H2,(H2,26,32)(H,27,31)(H,28,33)/t19-,21-/m0/s1. The van der Waals surface area contributed by atoms with Crippen LogP contribution in [0.15, 0.2) is 59.6 Å². The molecule has 2 heterocycles. The number of rotatable bonds is 7. The highest BCUT2D eigenvalue weighted by atomic mass is 32.2. The Hall–Kier alpha value is -3.66. The van der Waals surface area contributed by atoms with Crippen LogP contribution in [0.1, 0.15) is 47.6 Å². The van der Waals surface area contributed by atoms with E-state index < -0.39 is 23.1 Å². The molecule has 2 aliphatic heterocycles. The molecule has 0 radical (unpaired) electrons. The molecule has 0 saturated carbocycles. The third kappa shape index (κ3) is 6.27. The fraction of sp³-hybridized carbons (Fsp3) is 0.320. The van der Waals surface area contributed by atoms with Crippen LogP contribution in [0.3, 0.4) is 0 Å². The van der Waals surface area contributed by atoms with Crippen LogP contribution in [0.4, 0.5) is 5.69 Å². The van der Waals surface area contributed by atoms with Gasteiger partial charge in [0.05, 0.1) is 0 Å². The Labute approximate surface area is 207 Å². The smallest absolute Gasteiger partial charge is 0.262 e. The Morgan fingerprint density at radius 1 is 1.06 bits per heavy atom. The average Bonchev–Trinajstić information content (AvgIpc) is 3.23. The highest BCUT2D eigenvalue weighted by Crippen LogP contribution is 2.29. The maximum Gasteiger partial charge on any atom is 0.262 e. The Bertz CT molecular complexity index is 1150. The fourth-order valence-electron chi connectivity index (χ4n) is 4.03. The quantitative estimate of drug-likeness (QED) is 0.543. The minimum Gasteiger partial charge on any atom is -0.368 e. The minimum atomic E-state index is -0.985. The van der Waals surface area contributed by atoms with E-state index >= 15 is 0 Å².